The molecule has 0 aromatic heterocycles. The first-order chi connectivity index (χ1) is 8.93. The van der Waals surface area contributed by atoms with Crippen LogP contribution in [0.3, 0.4) is 0 Å². The molecule has 0 aliphatic rings. The van der Waals surface area contributed by atoms with Gasteiger partial charge in [-0.2, -0.15) is 0 Å². The highest BCUT2D eigenvalue weighted by Gasteiger charge is 2.15. The van der Waals surface area contributed by atoms with Crippen molar-refractivity contribution in [2.45, 2.75) is 66.8 Å². The quantitative estimate of drug-likeness (QED) is 0.697. The van der Waals surface area contributed by atoms with Crippen molar-refractivity contribution in [3.8, 4) is 0 Å². The Balaban J connectivity index is -0.000000579. The molecule has 0 aliphatic carbocycles. The Labute approximate surface area is 118 Å². The molecule has 19 heavy (non-hydrogen) atoms. The molecule has 0 saturated carbocycles. The summed E-state index contributed by atoms with van der Waals surface area (Å²) in [7, 11) is 0. The van der Waals surface area contributed by atoms with E-state index < -0.39 is 17.9 Å². The summed E-state index contributed by atoms with van der Waals surface area (Å²) < 4.78 is 4.93. The topological polar surface area (TPSA) is 95.4 Å². The van der Waals surface area contributed by atoms with Crippen molar-refractivity contribution in [3.63, 3.8) is 0 Å². The van der Waals surface area contributed by atoms with Crippen molar-refractivity contribution < 1.29 is 14.3 Å². The molecule has 5 nitrogen and oxygen atoms in total. The molecule has 0 heterocycles. The Bertz CT molecular complexity index is 219. The predicted octanol–water partition coefficient (Wildman–Crippen LogP) is 2.22. The van der Waals surface area contributed by atoms with E-state index in [2.05, 4.69) is 0 Å². The zero-order valence-corrected chi connectivity index (χ0v) is 13.4. The largest absolute Gasteiger partial charge is 0.465 e. The molecule has 1 unspecified atom stereocenters. The highest BCUT2D eigenvalue weighted by Crippen LogP contribution is 2.01. The second-order valence-electron chi connectivity index (χ2n) is 3.96. The molecule has 0 aromatic carbocycles. The molecule has 4 N–H and O–H groups in total. The average molecular weight is 276 g/mol. The Kier molecular flexibility index (Phi) is 20.5. The van der Waals surface area contributed by atoms with E-state index in [0.29, 0.717) is 12.5 Å². The summed E-state index contributed by atoms with van der Waals surface area (Å²) in [6, 6.07) is -0.746. The third-order valence-electron chi connectivity index (χ3n) is 1.94. The van der Waals surface area contributed by atoms with Gasteiger partial charge >= 0.3 is 5.97 Å². The number of amides is 1. The molecule has 5 heteroatoms. The van der Waals surface area contributed by atoms with Crippen LogP contribution in [0.15, 0.2) is 0 Å². The van der Waals surface area contributed by atoms with Gasteiger partial charge in [-0.25, -0.2) is 0 Å². The van der Waals surface area contributed by atoms with Crippen molar-refractivity contribution in [2.75, 3.05) is 6.61 Å². The molecule has 0 rings (SSSR count). The fourth-order valence-electron chi connectivity index (χ4n) is 0.918. The van der Waals surface area contributed by atoms with Gasteiger partial charge in [-0.15, -0.1) is 0 Å². The number of hydrogen-bond acceptors (Lipinski definition) is 4. The van der Waals surface area contributed by atoms with Crippen molar-refractivity contribution in [1.82, 2.24) is 0 Å². The molecule has 0 fully saturated rings. The summed E-state index contributed by atoms with van der Waals surface area (Å²) in [5.41, 5.74) is 10.4. The van der Waals surface area contributed by atoms with Gasteiger partial charge in [-0.1, -0.05) is 41.5 Å². The highest BCUT2D eigenvalue weighted by molar-refractivity contribution is 5.78. The lowest BCUT2D eigenvalue weighted by Gasteiger charge is -2.11. The Morgan fingerprint density at radius 1 is 1.05 bits per heavy atom. The molecule has 0 radical (unpaired) electrons. The molecule has 116 valence electrons. The lowest BCUT2D eigenvalue weighted by atomic mass is 10.1. The average Bonchev–Trinajstić information content (AvgIpc) is 2.40. The molecular formula is C14H32N2O3. The summed E-state index contributed by atoms with van der Waals surface area (Å²) in [6.07, 6.45) is 1.17. The van der Waals surface area contributed by atoms with Crippen LogP contribution in [-0.2, 0) is 14.3 Å². The van der Waals surface area contributed by atoms with E-state index in [1.54, 1.807) is 0 Å². The molecular weight excluding hydrogens is 244 g/mol. The van der Waals surface area contributed by atoms with Crippen LogP contribution in [0, 0.1) is 5.92 Å². The Hall–Kier alpha value is -1.10. The second-order valence-corrected chi connectivity index (χ2v) is 3.96. The minimum absolute atomic E-state index is 0.112. The molecule has 0 bridgehead atoms. The highest BCUT2D eigenvalue weighted by atomic mass is 16.5. The number of ether oxygens (including phenoxy) is 1. The minimum atomic E-state index is -0.746. The lowest BCUT2D eigenvalue weighted by Crippen LogP contribution is -2.33. The summed E-state index contributed by atoms with van der Waals surface area (Å²) in [5, 5.41) is 0. The maximum atomic E-state index is 11.2. The SMILES string of the molecule is CC.CC.CC(C)CCOC(=O)C(N)CCC(N)=O. The van der Waals surface area contributed by atoms with Gasteiger partial charge in [0.25, 0.3) is 0 Å². The monoisotopic (exact) mass is 276 g/mol. The van der Waals surface area contributed by atoms with Crippen LogP contribution < -0.4 is 11.5 Å². The number of esters is 1. The number of rotatable bonds is 7. The molecule has 0 aliphatic heterocycles. The molecule has 0 saturated heterocycles. The normalized spacial score (nSPS) is 10.5. The molecule has 0 spiro atoms. The number of carbonyl (C=O) groups excluding carboxylic acids is 2. The van der Waals surface area contributed by atoms with E-state index in [1.165, 1.54) is 0 Å². The third-order valence-corrected chi connectivity index (χ3v) is 1.94. The second kappa shape index (κ2) is 16.9. The summed E-state index contributed by atoms with van der Waals surface area (Å²) in [4.78, 5) is 21.7. The number of nitrogens with two attached hydrogens (primary N) is 2. The van der Waals surface area contributed by atoms with Crippen molar-refractivity contribution in [1.29, 1.82) is 0 Å². The van der Waals surface area contributed by atoms with Crippen LogP contribution in [0.1, 0.15) is 60.8 Å². The number of hydrogen-bond donors (Lipinski definition) is 2. The molecule has 1 atom stereocenters. The zero-order valence-electron chi connectivity index (χ0n) is 13.4. The van der Waals surface area contributed by atoms with Gasteiger partial charge in [0, 0.05) is 6.42 Å². The van der Waals surface area contributed by atoms with Crippen molar-refractivity contribution in [2.24, 2.45) is 17.4 Å². The first-order valence-electron chi connectivity index (χ1n) is 7.14. The van der Waals surface area contributed by atoms with Gasteiger partial charge < -0.3 is 16.2 Å². The van der Waals surface area contributed by atoms with E-state index in [-0.39, 0.29) is 12.8 Å². The van der Waals surface area contributed by atoms with Crippen LogP contribution in [0.4, 0.5) is 0 Å². The van der Waals surface area contributed by atoms with Crippen LogP contribution in [-0.4, -0.2) is 24.5 Å². The Morgan fingerprint density at radius 2 is 1.53 bits per heavy atom. The van der Waals surface area contributed by atoms with E-state index in [1.807, 2.05) is 41.5 Å². The fourth-order valence-corrected chi connectivity index (χ4v) is 0.918. The van der Waals surface area contributed by atoms with E-state index in [4.69, 9.17) is 16.2 Å². The summed E-state index contributed by atoms with van der Waals surface area (Å²) in [5.74, 6) is -0.433. The van der Waals surface area contributed by atoms with E-state index in [0.717, 1.165) is 6.42 Å². The standard InChI is InChI=1S/C10H20N2O3.2C2H6/c1-7(2)5-6-15-10(14)8(11)3-4-9(12)13;2*1-2/h7-8H,3-6,11H2,1-2H3,(H2,12,13);2*1-2H3. The van der Waals surface area contributed by atoms with E-state index in [9.17, 15) is 9.59 Å². The zero-order chi connectivity index (χ0) is 15.8. The van der Waals surface area contributed by atoms with E-state index >= 15 is 0 Å². The van der Waals surface area contributed by atoms with Crippen molar-refractivity contribution >= 4 is 11.9 Å². The lowest BCUT2D eigenvalue weighted by molar-refractivity contribution is -0.145. The predicted molar refractivity (Wildman–Crippen MR) is 79.5 cm³/mol. The van der Waals surface area contributed by atoms with Gasteiger partial charge in [0.15, 0.2) is 0 Å². The van der Waals surface area contributed by atoms with Crippen molar-refractivity contribution in [3.05, 3.63) is 0 Å². The van der Waals surface area contributed by atoms with Crippen LogP contribution >= 0.6 is 0 Å². The minimum Gasteiger partial charge on any atom is -0.465 e. The third kappa shape index (κ3) is 19.4. The fraction of sp³-hybridized carbons (Fsp3) is 0.857. The molecule has 0 aromatic rings. The maximum Gasteiger partial charge on any atom is 0.322 e. The summed E-state index contributed by atoms with van der Waals surface area (Å²) in [6.45, 7) is 12.5. The van der Waals surface area contributed by atoms with Gasteiger partial charge in [0.05, 0.1) is 6.61 Å². The maximum absolute atomic E-state index is 11.2. The summed E-state index contributed by atoms with van der Waals surface area (Å²) >= 11 is 0. The van der Waals surface area contributed by atoms with Gasteiger partial charge in [0.1, 0.15) is 6.04 Å². The van der Waals surface area contributed by atoms with Crippen LogP contribution in [0.25, 0.3) is 0 Å². The first-order valence-corrected chi connectivity index (χ1v) is 7.14. The van der Waals surface area contributed by atoms with Crippen LogP contribution in [0.2, 0.25) is 0 Å². The van der Waals surface area contributed by atoms with Crippen LogP contribution in [0.5, 0.6) is 0 Å². The number of carbonyl (C=O) groups is 2. The smallest absolute Gasteiger partial charge is 0.322 e. The molecule has 1 amide bonds. The van der Waals surface area contributed by atoms with Gasteiger partial charge in [0.2, 0.25) is 5.91 Å². The Morgan fingerprint density at radius 3 is 1.89 bits per heavy atom. The first kappa shape index (κ1) is 23.0. The number of primary amides is 1. The van der Waals surface area contributed by atoms with Gasteiger partial charge in [-0.3, -0.25) is 9.59 Å². The van der Waals surface area contributed by atoms with Gasteiger partial charge in [-0.05, 0) is 18.8 Å².